The molecule has 1 aromatic carbocycles. The summed E-state index contributed by atoms with van der Waals surface area (Å²) >= 11 is 0. The van der Waals surface area contributed by atoms with Crippen LogP contribution < -0.4 is 10.6 Å². The molecule has 0 atom stereocenters. The Hall–Kier alpha value is -2.11. The van der Waals surface area contributed by atoms with Gasteiger partial charge in [-0.3, -0.25) is 4.79 Å². The number of carboxylic acids is 1. The summed E-state index contributed by atoms with van der Waals surface area (Å²) in [7, 11) is 0. The van der Waals surface area contributed by atoms with Crippen molar-refractivity contribution in [3.05, 3.63) is 30.1 Å². The Kier molecular flexibility index (Phi) is 3.18. The zero-order valence-corrected chi connectivity index (χ0v) is 9.57. The second-order valence-corrected chi connectivity index (χ2v) is 4.37. The van der Waals surface area contributed by atoms with Gasteiger partial charge in [0.15, 0.2) is 0 Å². The lowest BCUT2D eigenvalue weighted by atomic mass is 10.1. The van der Waals surface area contributed by atoms with Crippen LogP contribution in [0.25, 0.3) is 0 Å². The predicted molar refractivity (Wildman–Crippen MR) is 62.7 cm³/mol. The molecule has 0 aromatic heterocycles. The second-order valence-electron chi connectivity index (χ2n) is 4.37. The van der Waals surface area contributed by atoms with Crippen LogP contribution in [0.2, 0.25) is 0 Å². The summed E-state index contributed by atoms with van der Waals surface area (Å²) in [5.41, 5.74) is -0.762. The molecule has 0 heterocycles. The number of anilines is 1. The van der Waals surface area contributed by atoms with Crippen LogP contribution in [0, 0.1) is 11.2 Å². The van der Waals surface area contributed by atoms with Crippen molar-refractivity contribution in [2.24, 2.45) is 5.41 Å². The van der Waals surface area contributed by atoms with Crippen molar-refractivity contribution < 1.29 is 19.1 Å². The van der Waals surface area contributed by atoms with Crippen LogP contribution in [0.1, 0.15) is 12.8 Å². The van der Waals surface area contributed by atoms with E-state index >= 15 is 0 Å². The molecule has 6 heteroatoms. The number of nitrogens with one attached hydrogen (secondary N) is 2. The fourth-order valence-electron chi connectivity index (χ4n) is 1.60. The second kappa shape index (κ2) is 4.64. The zero-order valence-electron chi connectivity index (χ0n) is 9.57. The summed E-state index contributed by atoms with van der Waals surface area (Å²) in [4.78, 5) is 22.4. The normalized spacial score (nSPS) is 15.8. The summed E-state index contributed by atoms with van der Waals surface area (Å²) < 4.78 is 13.2. The highest BCUT2D eigenvalue weighted by Crippen LogP contribution is 2.45. The highest BCUT2D eigenvalue weighted by atomic mass is 19.1. The van der Waals surface area contributed by atoms with Gasteiger partial charge in [-0.25, -0.2) is 9.18 Å². The van der Waals surface area contributed by atoms with Crippen molar-refractivity contribution in [2.45, 2.75) is 12.8 Å². The molecule has 0 saturated heterocycles. The van der Waals surface area contributed by atoms with Gasteiger partial charge in [-0.05, 0) is 25.0 Å². The number of amides is 2. The molecule has 2 amide bonds. The zero-order chi connectivity index (χ0) is 13.2. The van der Waals surface area contributed by atoms with Gasteiger partial charge in [-0.1, -0.05) is 12.1 Å². The predicted octanol–water partition coefficient (Wildman–Crippen LogP) is 1.81. The van der Waals surface area contributed by atoms with E-state index in [2.05, 4.69) is 10.6 Å². The van der Waals surface area contributed by atoms with E-state index in [1.54, 1.807) is 6.07 Å². The fourth-order valence-corrected chi connectivity index (χ4v) is 1.60. The molecule has 0 radical (unpaired) electrons. The van der Waals surface area contributed by atoms with Crippen LogP contribution in [0.4, 0.5) is 14.9 Å². The number of hydrogen-bond donors (Lipinski definition) is 3. The first-order valence-electron chi connectivity index (χ1n) is 5.56. The van der Waals surface area contributed by atoms with Gasteiger partial charge in [0, 0.05) is 6.54 Å². The first-order chi connectivity index (χ1) is 8.53. The lowest BCUT2D eigenvalue weighted by Gasteiger charge is -2.12. The summed E-state index contributed by atoms with van der Waals surface area (Å²) in [5, 5.41) is 13.7. The molecule has 18 heavy (non-hydrogen) atoms. The Morgan fingerprint density at radius 3 is 2.56 bits per heavy atom. The van der Waals surface area contributed by atoms with Gasteiger partial charge in [0.2, 0.25) is 0 Å². The van der Waals surface area contributed by atoms with Crippen LogP contribution in [0.5, 0.6) is 0 Å². The largest absolute Gasteiger partial charge is 0.481 e. The molecule has 1 aromatic rings. The first-order valence-corrected chi connectivity index (χ1v) is 5.56. The lowest BCUT2D eigenvalue weighted by Crippen LogP contribution is -2.36. The maximum Gasteiger partial charge on any atom is 0.319 e. The highest BCUT2D eigenvalue weighted by molar-refractivity contribution is 5.90. The van der Waals surface area contributed by atoms with E-state index in [1.807, 2.05) is 0 Å². The smallest absolute Gasteiger partial charge is 0.319 e. The molecule has 2 rings (SSSR count). The molecule has 0 aliphatic heterocycles. The average molecular weight is 252 g/mol. The number of carbonyl (C=O) groups is 2. The Morgan fingerprint density at radius 1 is 1.33 bits per heavy atom. The fraction of sp³-hybridized carbons (Fsp3) is 0.333. The number of hydrogen-bond acceptors (Lipinski definition) is 2. The third-order valence-electron chi connectivity index (χ3n) is 3.02. The highest BCUT2D eigenvalue weighted by Gasteiger charge is 2.50. The maximum atomic E-state index is 13.2. The summed E-state index contributed by atoms with van der Waals surface area (Å²) in [6.07, 6.45) is 1.12. The monoisotopic (exact) mass is 252 g/mol. The lowest BCUT2D eigenvalue weighted by molar-refractivity contribution is -0.143. The molecule has 0 unspecified atom stereocenters. The summed E-state index contributed by atoms with van der Waals surface area (Å²) in [5.74, 6) is -1.44. The molecule has 1 aliphatic rings. The standard InChI is InChI=1S/C12H13FN2O3/c13-8-3-1-2-4-9(8)15-11(18)14-7-12(5-6-12)10(16)17/h1-4H,5-7H2,(H,16,17)(H2,14,15,18). The van der Waals surface area contributed by atoms with Crippen molar-refractivity contribution >= 4 is 17.7 Å². The number of para-hydroxylation sites is 1. The van der Waals surface area contributed by atoms with E-state index < -0.39 is 23.2 Å². The van der Waals surface area contributed by atoms with Gasteiger partial charge in [-0.2, -0.15) is 0 Å². The number of carboxylic acid groups (broad SMARTS) is 1. The minimum Gasteiger partial charge on any atom is -0.481 e. The number of carbonyl (C=O) groups excluding carboxylic acids is 1. The van der Waals surface area contributed by atoms with E-state index in [4.69, 9.17) is 5.11 Å². The molecular formula is C12H13FN2O3. The topological polar surface area (TPSA) is 78.4 Å². The molecule has 0 bridgehead atoms. The Labute approximate surface area is 103 Å². The third-order valence-corrected chi connectivity index (χ3v) is 3.02. The number of benzene rings is 1. The quantitative estimate of drug-likeness (QED) is 0.764. The molecular weight excluding hydrogens is 239 g/mol. The Balaban J connectivity index is 1.87. The minimum atomic E-state index is -0.909. The van der Waals surface area contributed by atoms with Crippen molar-refractivity contribution in [1.29, 1.82) is 0 Å². The van der Waals surface area contributed by atoms with Gasteiger partial charge < -0.3 is 15.7 Å². The number of aliphatic carboxylic acids is 1. The molecule has 1 fully saturated rings. The van der Waals surface area contributed by atoms with Crippen molar-refractivity contribution in [3.63, 3.8) is 0 Å². The number of halogens is 1. The first kappa shape index (κ1) is 12.3. The van der Waals surface area contributed by atoms with Crippen LogP contribution in [0.15, 0.2) is 24.3 Å². The van der Waals surface area contributed by atoms with Crippen LogP contribution in [0.3, 0.4) is 0 Å². The molecule has 1 aliphatic carbocycles. The summed E-state index contributed by atoms with van der Waals surface area (Å²) in [6, 6.07) is 5.17. The van der Waals surface area contributed by atoms with E-state index in [9.17, 15) is 14.0 Å². The van der Waals surface area contributed by atoms with Gasteiger partial charge in [0.1, 0.15) is 5.82 Å². The van der Waals surface area contributed by atoms with Crippen molar-refractivity contribution in [3.8, 4) is 0 Å². The van der Waals surface area contributed by atoms with Crippen LogP contribution in [-0.4, -0.2) is 23.7 Å². The van der Waals surface area contributed by atoms with Crippen molar-refractivity contribution in [2.75, 3.05) is 11.9 Å². The molecule has 1 saturated carbocycles. The summed E-state index contributed by atoms with van der Waals surface area (Å²) in [6.45, 7) is 0.0582. The molecule has 96 valence electrons. The molecule has 3 N–H and O–H groups in total. The van der Waals surface area contributed by atoms with Gasteiger partial charge in [0.05, 0.1) is 11.1 Å². The van der Waals surface area contributed by atoms with E-state index in [1.165, 1.54) is 18.2 Å². The average Bonchev–Trinajstić information content (AvgIpc) is 3.11. The van der Waals surface area contributed by atoms with Gasteiger partial charge in [-0.15, -0.1) is 0 Å². The maximum absolute atomic E-state index is 13.2. The Bertz CT molecular complexity index is 486. The van der Waals surface area contributed by atoms with E-state index in [0.717, 1.165) is 0 Å². The third kappa shape index (κ3) is 2.58. The van der Waals surface area contributed by atoms with Crippen LogP contribution >= 0.6 is 0 Å². The minimum absolute atomic E-state index is 0.0582. The van der Waals surface area contributed by atoms with E-state index in [-0.39, 0.29) is 12.2 Å². The van der Waals surface area contributed by atoms with Crippen molar-refractivity contribution in [1.82, 2.24) is 5.32 Å². The van der Waals surface area contributed by atoms with Gasteiger partial charge in [0.25, 0.3) is 0 Å². The molecule has 5 nitrogen and oxygen atoms in total. The number of rotatable bonds is 4. The van der Waals surface area contributed by atoms with Crippen LogP contribution in [-0.2, 0) is 4.79 Å². The number of urea groups is 1. The van der Waals surface area contributed by atoms with E-state index in [0.29, 0.717) is 12.8 Å². The Morgan fingerprint density at radius 2 is 2.00 bits per heavy atom. The molecule has 0 spiro atoms. The van der Waals surface area contributed by atoms with Gasteiger partial charge >= 0.3 is 12.0 Å². The SMILES string of the molecule is O=C(NCC1(C(=O)O)CC1)Nc1ccccc1F.